The van der Waals surface area contributed by atoms with E-state index in [1.54, 1.807) is 12.1 Å². The first-order valence-electron chi connectivity index (χ1n) is 4.55. The molecule has 0 spiro atoms. The van der Waals surface area contributed by atoms with Crippen LogP contribution in [0.3, 0.4) is 0 Å². The molecule has 5 heteroatoms. The van der Waals surface area contributed by atoms with Crippen LogP contribution in [0, 0.1) is 11.3 Å². The van der Waals surface area contributed by atoms with Gasteiger partial charge in [0.1, 0.15) is 12.1 Å². The molecule has 1 amide bonds. The summed E-state index contributed by atoms with van der Waals surface area (Å²) >= 11 is 0. The van der Waals surface area contributed by atoms with E-state index in [-0.39, 0.29) is 12.5 Å². The van der Waals surface area contributed by atoms with Crippen LogP contribution in [-0.2, 0) is 14.3 Å². The van der Waals surface area contributed by atoms with E-state index in [9.17, 15) is 9.59 Å². The molecule has 1 atom stereocenters. The van der Waals surface area contributed by atoms with Crippen LogP contribution in [0.4, 0.5) is 0 Å². The van der Waals surface area contributed by atoms with Crippen molar-refractivity contribution < 1.29 is 14.3 Å². The van der Waals surface area contributed by atoms with Crippen LogP contribution in [0.2, 0.25) is 0 Å². The second-order valence-electron chi connectivity index (χ2n) is 2.88. The van der Waals surface area contributed by atoms with Crippen molar-refractivity contribution in [3.8, 4) is 6.07 Å². The van der Waals surface area contributed by atoms with Gasteiger partial charge in [0.25, 0.3) is 0 Å². The summed E-state index contributed by atoms with van der Waals surface area (Å²) in [7, 11) is 0. The zero-order valence-electron chi connectivity index (χ0n) is 8.66. The molecule has 82 valence electrons. The van der Waals surface area contributed by atoms with Crippen molar-refractivity contribution in [3.63, 3.8) is 0 Å². The minimum absolute atomic E-state index is 0.240. The molecule has 0 aromatic rings. The van der Waals surface area contributed by atoms with Gasteiger partial charge in [-0.05, 0) is 13.3 Å². The molecule has 0 saturated heterocycles. The number of carbonyl (C=O) groups excluding carboxylic acids is 2. The van der Waals surface area contributed by atoms with Crippen molar-refractivity contribution in [1.29, 1.82) is 5.26 Å². The lowest BCUT2D eigenvalue weighted by Gasteiger charge is -2.11. The lowest BCUT2D eigenvalue weighted by Crippen LogP contribution is -2.39. The van der Waals surface area contributed by atoms with Crippen LogP contribution in [0.25, 0.3) is 0 Å². The largest absolute Gasteiger partial charge is 0.449 e. The number of nitriles is 1. The molecule has 0 heterocycles. The lowest BCUT2D eigenvalue weighted by atomic mass is 10.2. The molecular weight excluding hydrogens is 196 g/mol. The van der Waals surface area contributed by atoms with Gasteiger partial charge in [0.2, 0.25) is 5.91 Å². The maximum Gasteiger partial charge on any atom is 0.329 e. The predicted molar refractivity (Wildman–Crippen MR) is 53.6 cm³/mol. The molecule has 0 aliphatic carbocycles. The Morgan fingerprint density at radius 3 is 2.87 bits per heavy atom. The van der Waals surface area contributed by atoms with Crippen molar-refractivity contribution in [1.82, 2.24) is 5.32 Å². The van der Waals surface area contributed by atoms with Gasteiger partial charge in [0.15, 0.2) is 6.61 Å². The first-order valence-corrected chi connectivity index (χ1v) is 4.55. The summed E-state index contributed by atoms with van der Waals surface area (Å²) < 4.78 is 4.52. The smallest absolute Gasteiger partial charge is 0.329 e. The third kappa shape index (κ3) is 6.27. The number of rotatable bonds is 6. The Morgan fingerprint density at radius 2 is 2.33 bits per heavy atom. The van der Waals surface area contributed by atoms with Gasteiger partial charge in [-0.25, -0.2) is 4.79 Å². The van der Waals surface area contributed by atoms with Crippen molar-refractivity contribution in [2.45, 2.75) is 25.8 Å². The fourth-order valence-electron chi connectivity index (χ4n) is 0.834. The highest BCUT2D eigenvalue weighted by atomic mass is 16.5. The second-order valence-corrected chi connectivity index (χ2v) is 2.88. The van der Waals surface area contributed by atoms with Gasteiger partial charge < -0.3 is 10.1 Å². The maximum atomic E-state index is 11.2. The molecule has 1 N–H and O–H groups in total. The van der Waals surface area contributed by atoms with Gasteiger partial charge in [0.05, 0.1) is 0 Å². The maximum absolute atomic E-state index is 11.2. The highest BCUT2D eigenvalue weighted by Gasteiger charge is 2.15. The van der Waals surface area contributed by atoms with E-state index in [0.29, 0.717) is 12.8 Å². The molecule has 0 aromatic carbocycles. The quantitative estimate of drug-likeness (QED) is 0.512. The van der Waals surface area contributed by atoms with Gasteiger partial charge in [-0.1, -0.05) is 6.08 Å². The highest BCUT2D eigenvalue weighted by Crippen LogP contribution is 1.93. The van der Waals surface area contributed by atoms with Crippen LogP contribution in [0.15, 0.2) is 12.7 Å². The van der Waals surface area contributed by atoms with Gasteiger partial charge in [-0.15, -0.1) is 6.58 Å². The average molecular weight is 210 g/mol. The fourth-order valence-corrected chi connectivity index (χ4v) is 0.834. The first-order chi connectivity index (χ1) is 7.11. The summed E-state index contributed by atoms with van der Waals surface area (Å²) in [6.45, 7) is 4.69. The van der Waals surface area contributed by atoms with Crippen LogP contribution < -0.4 is 5.32 Å². The van der Waals surface area contributed by atoms with Gasteiger partial charge in [0, 0.05) is 6.42 Å². The number of ether oxygens (including phenoxy) is 1. The minimum atomic E-state index is -0.726. The molecule has 15 heavy (non-hydrogen) atoms. The number of hydrogen-bond donors (Lipinski definition) is 1. The molecule has 0 aliphatic heterocycles. The number of nitrogens with zero attached hydrogens (tertiary/aromatic N) is 1. The summed E-state index contributed by atoms with van der Waals surface area (Å²) in [6.07, 6.45) is 2.48. The monoisotopic (exact) mass is 210 g/mol. The van der Waals surface area contributed by atoms with Crippen LogP contribution >= 0.6 is 0 Å². The number of allylic oxidation sites excluding steroid dienone is 1. The van der Waals surface area contributed by atoms with E-state index in [1.165, 1.54) is 6.92 Å². The Kier molecular flexibility index (Phi) is 6.64. The Morgan fingerprint density at radius 1 is 1.67 bits per heavy atom. The lowest BCUT2D eigenvalue weighted by molar-refractivity contribution is -0.146. The number of nitrogens with one attached hydrogen (secondary N) is 1. The number of hydrogen-bond acceptors (Lipinski definition) is 4. The van der Waals surface area contributed by atoms with E-state index in [0.717, 1.165) is 0 Å². The van der Waals surface area contributed by atoms with E-state index < -0.39 is 12.0 Å². The van der Waals surface area contributed by atoms with Crippen molar-refractivity contribution in [3.05, 3.63) is 12.7 Å². The standard InChI is InChI=1S/C10H14N2O3/c1-3-4-5-9(13)12-8(2)10(14)15-7-6-11/h3,8H,1,4-5,7H2,2H3,(H,12,13)/t8-/m0/s1. The molecule has 0 aromatic heterocycles. The predicted octanol–water partition coefficient (Wildman–Crippen LogP) is 0.524. The number of amides is 1. The SMILES string of the molecule is C=CCCC(=O)N[C@@H](C)C(=O)OCC#N. The molecule has 0 bridgehead atoms. The summed E-state index contributed by atoms with van der Waals surface area (Å²) in [5.74, 6) is -0.847. The van der Waals surface area contributed by atoms with Crippen molar-refractivity contribution >= 4 is 11.9 Å². The summed E-state index contributed by atoms with van der Waals surface area (Å²) in [5, 5.41) is 10.6. The van der Waals surface area contributed by atoms with Crippen molar-refractivity contribution in [2.75, 3.05) is 6.61 Å². The molecule has 0 fully saturated rings. The van der Waals surface area contributed by atoms with Gasteiger partial charge >= 0.3 is 5.97 Å². The Hall–Kier alpha value is -1.83. The molecule has 0 aliphatic rings. The average Bonchev–Trinajstić information content (AvgIpc) is 2.22. The first kappa shape index (κ1) is 13.2. The van der Waals surface area contributed by atoms with Crippen LogP contribution in [0.5, 0.6) is 0 Å². The summed E-state index contributed by atoms with van der Waals surface area (Å²) in [6, 6.07) is 0.946. The minimum Gasteiger partial charge on any atom is -0.449 e. The Labute approximate surface area is 88.7 Å². The zero-order valence-corrected chi connectivity index (χ0v) is 8.66. The Bertz CT molecular complexity index is 281. The summed E-state index contributed by atoms with van der Waals surface area (Å²) in [4.78, 5) is 22.3. The Balaban J connectivity index is 3.85. The molecule has 0 radical (unpaired) electrons. The highest BCUT2D eigenvalue weighted by molar-refractivity contribution is 5.84. The van der Waals surface area contributed by atoms with Gasteiger partial charge in [-0.2, -0.15) is 5.26 Å². The normalized spacial score (nSPS) is 10.9. The molecular formula is C10H14N2O3. The zero-order chi connectivity index (χ0) is 11.7. The van der Waals surface area contributed by atoms with Crippen LogP contribution in [0.1, 0.15) is 19.8 Å². The topological polar surface area (TPSA) is 79.2 Å². The molecule has 5 nitrogen and oxygen atoms in total. The van der Waals surface area contributed by atoms with Crippen LogP contribution in [-0.4, -0.2) is 24.5 Å². The third-order valence-corrected chi connectivity index (χ3v) is 1.59. The van der Waals surface area contributed by atoms with E-state index in [1.807, 2.05) is 0 Å². The fraction of sp³-hybridized carbons (Fsp3) is 0.500. The summed E-state index contributed by atoms with van der Waals surface area (Å²) in [5.41, 5.74) is 0. The van der Waals surface area contributed by atoms with E-state index in [2.05, 4.69) is 16.6 Å². The molecule has 0 rings (SSSR count). The van der Waals surface area contributed by atoms with E-state index in [4.69, 9.17) is 5.26 Å². The van der Waals surface area contributed by atoms with Crippen molar-refractivity contribution in [2.24, 2.45) is 0 Å². The molecule has 0 unspecified atom stereocenters. The molecule has 0 saturated carbocycles. The van der Waals surface area contributed by atoms with E-state index >= 15 is 0 Å². The number of carbonyl (C=O) groups is 2. The van der Waals surface area contributed by atoms with Gasteiger partial charge in [-0.3, -0.25) is 4.79 Å². The second kappa shape index (κ2) is 7.56. The number of esters is 1. The third-order valence-electron chi connectivity index (χ3n) is 1.59.